The van der Waals surface area contributed by atoms with E-state index in [1.807, 2.05) is 12.1 Å². The van der Waals surface area contributed by atoms with Gasteiger partial charge in [0.25, 0.3) is 5.91 Å². The van der Waals surface area contributed by atoms with E-state index in [1.165, 1.54) is 30.2 Å². The number of nitrogens with one attached hydrogen (secondary N) is 4. The molecule has 2 aromatic carbocycles. The number of rotatable bonds is 9. The van der Waals surface area contributed by atoms with Crippen LogP contribution in [0.15, 0.2) is 48.7 Å². The van der Waals surface area contributed by atoms with Crippen molar-refractivity contribution in [3.8, 4) is 5.75 Å². The Morgan fingerprint density at radius 1 is 1.24 bits per heavy atom. The lowest BCUT2D eigenvalue weighted by Gasteiger charge is -2.33. The van der Waals surface area contributed by atoms with Gasteiger partial charge in [0.1, 0.15) is 11.5 Å². The van der Waals surface area contributed by atoms with Crippen molar-refractivity contribution >= 4 is 40.1 Å². The highest BCUT2D eigenvalue weighted by molar-refractivity contribution is 6.00. The van der Waals surface area contributed by atoms with Crippen LogP contribution in [0.1, 0.15) is 48.0 Å². The zero-order valence-corrected chi connectivity index (χ0v) is 21.6. The van der Waals surface area contributed by atoms with Crippen LogP contribution in [-0.4, -0.2) is 47.5 Å². The van der Waals surface area contributed by atoms with Gasteiger partial charge in [0, 0.05) is 12.7 Å². The van der Waals surface area contributed by atoms with Crippen molar-refractivity contribution in [3.05, 3.63) is 65.6 Å². The topological polar surface area (TPSA) is 122 Å². The van der Waals surface area contributed by atoms with Gasteiger partial charge in [-0.3, -0.25) is 15.1 Å². The molecule has 198 valence electrons. The van der Waals surface area contributed by atoms with Crippen LogP contribution in [0.2, 0.25) is 0 Å². The first-order valence-electron chi connectivity index (χ1n) is 12.9. The normalized spacial score (nSPS) is 15.9. The van der Waals surface area contributed by atoms with E-state index in [1.54, 1.807) is 13.3 Å². The monoisotopic (exact) mass is 518 g/mol. The van der Waals surface area contributed by atoms with Gasteiger partial charge in [-0.15, -0.1) is 0 Å². The second kappa shape index (κ2) is 11.1. The van der Waals surface area contributed by atoms with E-state index in [2.05, 4.69) is 49.5 Å². The zero-order chi connectivity index (χ0) is 26.6. The molecule has 1 aliphatic rings. The van der Waals surface area contributed by atoms with E-state index in [9.17, 15) is 9.18 Å². The molecule has 38 heavy (non-hydrogen) atoms. The average molecular weight is 519 g/mol. The predicted molar refractivity (Wildman–Crippen MR) is 146 cm³/mol. The van der Waals surface area contributed by atoms with E-state index in [4.69, 9.17) is 10.5 Å². The molecule has 1 aliphatic heterocycles. The van der Waals surface area contributed by atoms with Gasteiger partial charge in [-0.25, -0.2) is 9.37 Å². The van der Waals surface area contributed by atoms with Crippen molar-refractivity contribution < 1.29 is 18.9 Å². The number of ether oxygens (including phenoxy) is 1. The van der Waals surface area contributed by atoms with Crippen molar-refractivity contribution in [2.75, 3.05) is 37.4 Å². The van der Waals surface area contributed by atoms with E-state index in [-0.39, 0.29) is 11.3 Å². The molecule has 10 heteroatoms. The van der Waals surface area contributed by atoms with Crippen molar-refractivity contribution in [2.24, 2.45) is 5.73 Å². The highest BCUT2D eigenvalue weighted by Crippen LogP contribution is 2.34. The number of methoxy groups -OCH3 is 1. The lowest BCUT2D eigenvalue weighted by molar-refractivity contribution is -0.333. The fourth-order valence-corrected chi connectivity index (χ4v) is 5.14. The summed E-state index contributed by atoms with van der Waals surface area (Å²) in [6.07, 6.45) is 5.28. The molecular formula is C28H33FN7O2+. The third-order valence-electron chi connectivity index (χ3n) is 6.96. The number of halogens is 1. The number of H-pyrrole nitrogens is 2. The van der Waals surface area contributed by atoms with Gasteiger partial charge in [0.05, 0.1) is 23.7 Å². The quantitative estimate of drug-likeness (QED) is 0.255. The van der Waals surface area contributed by atoms with Gasteiger partial charge in [-0.2, -0.15) is 0 Å². The molecule has 6 N–H and O–H groups in total. The molecule has 1 atom stereocenters. The Morgan fingerprint density at radius 3 is 2.89 bits per heavy atom. The Balaban J connectivity index is 1.43. The highest BCUT2D eigenvalue weighted by atomic mass is 19.1. The van der Waals surface area contributed by atoms with Crippen LogP contribution >= 0.6 is 0 Å². The lowest BCUT2D eigenvalue weighted by atomic mass is 9.90. The Bertz CT molecular complexity index is 1450. The summed E-state index contributed by atoms with van der Waals surface area (Å²) < 4.78 is 19.7. The van der Waals surface area contributed by atoms with Gasteiger partial charge >= 0.3 is 5.95 Å². The number of anilines is 4. The van der Waals surface area contributed by atoms with Crippen LogP contribution in [0.5, 0.6) is 5.75 Å². The van der Waals surface area contributed by atoms with Gasteiger partial charge in [0.15, 0.2) is 5.75 Å². The largest absolute Gasteiger partial charge is 0.493 e. The molecule has 0 saturated carbocycles. The van der Waals surface area contributed by atoms with Crippen LogP contribution < -0.4 is 26.1 Å². The molecule has 4 aromatic rings. The summed E-state index contributed by atoms with van der Waals surface area (Å²) in [5.41, 5.74) is 8.60. The second-order valence-electron chi connectivity index (χ2n) is 9.60. The molecule has 5 rings (SSSR count). The van der Waals surface area contributed by atoms with Gasteiger partial charge in [0.2, 0.25) is 11.5 Å². The van der Waals surface area contributed by atoms with Gasteiger partial charge < -0.3 is 20.7 Å². The number of piperidine rings is 1. The molecule has 0 radical (unpaired) electrons. The molecule has 1 fully saturated rings. The maximum Gasteiger partial charge on any atom is 0.351 e. The number of primary amides is 1. The minimum absolute atomic E-state index is 0.164. The third kappa shape index (κ3) is 5.40. The van der Waals surface area contributed by atoms with Crippen molar-refractivity contribution in [1.29, 1.82) is 0 Å². The Morgan fingerprint density at radius 2 is 2.11 bits per heavy atom. The zero-order valence-electron chi connectivity index (χ0n) is 21.6. The van der Waals surface area contributed by atoms with Crippen LogP contribution in [0.4, 0.5) is 27.5 Å². The molecule has 1 saturated heterocycles. The molecule has 1 amide bonds. The first-order chi connectivity index (χ1) is 18.4. The number of hydrogen-bond donors (Lipinski definition) is 4. The van der Waals surface area contributed by atoms with Crippen molar-refractivity contribution in [2.45, 2.75) is 32.1 Å². The maximum atomic E-state index is 14.0. The molecule has 0 bridgehead atoms. The number of nitrogens with zero attached hydrogens (tertiary/aromatic N) is 2. The number of aromatic amines is 2. The van der Waals surface area contributed by atoms with E-state index >= 15 is 0 Å². The minimum atomic E-state index is -0.667. The maximum absolute atomic E-state index is 14.0. The van der Waals surface area contributed by atoms with Crippen molar-refractivity contribution in [3.63, 3.8) is 0 Å². The molecule has 2 aromatic heterocycles. The number of nitrogens with two attached hydrogens (primary N) is 1. The summed E-state index contributed by atoms with van der Waals surface area (Å²) in [7, 11) is 1.65. The van der Waals surface area contributed by atoms with Crippen LogP contribution in [-0.2, 0) is 0 Å². The summed E-state index contributed by atoms with van der Waals surface area (Å²) in [5.74, 6) is 0.873. The summed E-state index contributed by atoms with van der Waals surface area (Å²) >= 11 is 0. The number of aromatic nitrogens is 3. The number of benzene rings is 2. The lowest BCUT2D eigenvalue weighted by Crippen LogP contribution is -2.34. The molecule has 0 spiro atoms. The number of hydrogen-bond acceptors (Lipinski definition) is 6. The number of carbonyl (C=O) groups is 1. The molecule has 9 nitrogen and oxygen atoms in total. The van der Waals surface area contributed by atoms with E-state index < -0.39 is 11.7 Å². The second-order valence-corrected chi connectivity index (χ2v) is 9.60. The van der Waals surface area contributed by atoms with Gasteiger partial charge in [-0.1, -0.05) is 18.0 Å². The minimum Gasteiger partial charge on any atom is -0.493 e. The summed E-state index contributed by atoms with van der Waals surface area (Å²) in [5, 5.41) is 7.12. The first kappa shape index (κ1) is 25.5. The van der Waals surface area contributed by atoms with Crippen LogP contribution in [0.3, 0.4) is 0 Å². The van der Waals surface area contributed by atoms with E-state index in [0.717, 1.165) is 43.5 Å². The smallest absolute Gasteiger partial charge is 0.351 e. The average Bonchev–Trinajstić information content (AvgIpc) is 3.38. The fourth-order valence-electron chi connectivity index (χ4n) is 5.14. The fraction of sp³-hybridized carbons (Fsp3) is 0.321. The summed E-state index contributed by atoms with van der Waals surface area (Å²) in [6, 6.07) is 11.8. The SMILES string of the molecule is CCCN1CCCC(c2ccc(Nc3nc(Nc4cc(F)ccc4C(N)=O)c4cc[nH]c4[nH+]3)c(OC)c2)C1. The molecular weight excluding hydrogens is 485 g/mol. The van der Waals surface area contributed by atoms with Gasteiger partial charge in [-0.05, 0) is 80.2 Å². The van der Waals surface area contributed by atoms with Crippen LogP contribution in [0.25, 0.3) is 11.0 Å². The Labute approximate surface area is 220 Å². The summed E-state index contributed by atoms with van der Waals surface area (Å²) in [6.45, 7) is 5.57. The standard InChI is InChI=1S/C28H32FN7O2/c1-3-12-36-13-4-5-18(16-36)17-6-9-22(24(14-17)38-2)33-28-34-26-21(10-11-31-26)27(35-28)32-23-15-19(29)7-8-20(23)25(30)37/h6-11,14-15,18H,3-5,12-13,16H2,1-2H3,(H2,30,37)(H3,31,32,33,34,35)/p+1. The predicted octanol–water partition coefficient (Wildman–Crippen LogP) is 4.70. The molecule has 1 unspecified atom stereocenters. The van der Waals surface area contributed by atoms with Crippen molar-refractivity contribution in [1.82, 2.24) is 14.9 Å². The summed E-state index contributed by atoms with van der Waals surface area (Å²) in [4.78, 5) is 25.5. The van der Waals surface area contributed by atoms with Crippen LogP contribution in [0, 0.1) is 5.82 Å². The number of carbonyl (C=O) groups excluding carboxylic acids is 1. The number of likely N-dealkylation sites (tertiary alicyclic amines) is 1. The molecule has 0 aliphatic carbocycles. The highest BCUT2D eigenvalue weighted by Gasteiger charge is 2.23. The Kier molecular flexibility index (Phi) is 7.41. The number of amides is 1. The first-order valence-corrected chi connectivity index (χ1v) is 12.9. The van der Waals surface area contributed by atoms with E-state index in [0.29, 0.717) is 29.1 Å². The Hall–Kier alpha value is -4.18. The third-order valence-corrected chi connectivity index (χ3v) is 6.96. The molecule has 3 heterocycles. The number of fused-ring (bicyclic) bond motifs is 1.